The van der Waals surface area contributed by atoms with Crippen molar-refractivity contribution in [3.05, 3.63) is 141 Å². The number of esters is 1. The monoisotopic (exact) mass is 641 g/mol. The number of ether oxygens (including phenoxy) is 1. The molecule has 222 valence electrons. The third kappa shape index (κ3) is 8.63. The molecule has 0 radical (unpaired) electrons. The van der Waals surface area contributed by atoms with Crippen LogP contribution in [0.4, 0.5) is 10.5 Å². The summed E-state index contributed by atoms with van der Waals surface area (Å²) in [6.45, 7) is 0.393. The van der Waals surface area contributed by atoms with E-state index in [1.807, 2.05) is 66.7 Å². The number of anilines is 1. The Bertz CT molecular complexity index is 1790. The van der Waals surface area contributed by atoms with Gasteiger partial charge in [-0.1, -0.05) is 77.8 Å². The molecular weight excluding hydrogens is 613 g/mol. The number of nitrogens with one attached hydrogen (secondary N) is 2. The molecule has 0 saturated heterocycles. The molecule has 0 aliphatic heterocycles. The molecule has 2 amide bonds. The summed E-state index contributed by atoms with van der Waals surface area (Å²) in [6.07, 6.45) is 4.00. The largest absolute Gasteiger partial charge is 0.465 e. The van der Waals surface area contributed by atoms with E-state index >= 15 is 0 Å². The van der Waals surface area contributed by atoms with Gasteiger partial charge in [0.25, 0.3) is 0 Å². The highest BCUT2D eigenvalue weighted by molar-refractivity contribution is 7.98. The summed E-state index contributed by atoms with van der Waals surface area (Å²) in [5, 5.41) is 8.08. The Kier molecular flexibility index (Phi) is 10.6. The number of amides is 2. The average Bonchev–Trinajstić information content (AvgIpc) is 3.04. The third-order valence-corrected chi connectivity index (χ3v) is 8.61. The minimum absolute atomic E-state index is 0.0551. The van der Waals surface area contributed by atoms with Crippen LogP contribution in [0.5, 0.6) is 0 Å². The molecule has 0 saturated carbocycles. The van der Waals surface area contributed by atoms with E-state index in [1.165, 1.54) is 7.11 Å². The van der Waals surface area contributed by atoms with Gasteiger partial charge in [0.15, 0.2) is 0 Å². The van der Waals surface area contributed by atoms with Crippen molar-refractivity contribution in [2.45, 2.75) is 11.0 Å². The van der Waals surface area contributed by atoms with Gasteiger partial charge < -0.3 is 15.4 Å². The summed E-state index contributed by atoms with van der Waals surface area (Å²) in [4.78, 5) is 29.3. The van der Waals surface area contributed by atoms with Gasteiger partial charge in [0, 0.05) is 38.7 Å². The summed E-state index contributed by atoms with van der Waals surface area (Å²) in [5.41, 5.74) is 5.94. The molecule has 6 nitrogen and oxygen atoms in total. The number of carbonyl (C=O) groups excluding carboxylic acids is 2. The van der Waals surface area contributed by atoms with Crippen LogP contribution >= 0.6 is 35.0 Å². The van der Waals surface area contributed by atoms with Gasteiger partial charge >= 0.3 is 12.0 Å². The van der Waals surface area contributed by atoms with Gasteiger partial charge in [-0.15, -0.1) is 11.8 Å². The van der Waals surface area contributed by atoms with Crippen molar-refractivity contribution in [3.63, 3.8) is 0 Å². The van der Waals surface area contributed by atoms with E-state index in [0.717, 1.165) is 33.3 Å². The van der Waals surface area contributed by atoms with Crippen molar-refractivity contribution >= 4 is 75.7 Å². The molecule has 44 heavy (non-hydrogen) atoms. The number of hydrogen-bond donors (Lipinski definition) is 2. The number of methoxy groups -OCH3 is 1. The third-order valence-electron chi connectivity index (χ3n) is 6.78. The van der Waals surface area contributed by atoms with Crippen LogP contribution in [0.15, 0.2) is 103 Å². The molecule has 0 bridgehead atoms. The highest BCUT2D eigenvalue weighted by Gasteiger charge is 2.15. The Labute approximate surface area is 270 Å². The highest BCUT2D eigenvalue weighted by atomic mass is 35.5. The van der Waals surface area contributed by atoms with Crippen LogP contribution in [0.3, 0.4) is 0 Å². The van der Waals surface area contributed by atoms with Crippen LogP contribution in [0.25, 0.3) is 23.1 Å². The van der Waals surface area contributed by atoms with E-state index in [-0.39, 0.29) is 17.3 Å². The first kappa shape index (κ1) is 31.1. The quantitative estimate of drug-likeness (QED) is 0.149. The Morgan fingerprint density at radius 1 is 0.886 bits per heavy atom. The molecule has 1 unspecified atom stereocenters. The lowest BCUT2D eigenvalue weighted by Crippen LogP contribution is -2.31. The zero-order valence-electron chi connectivity index (χ0n) is 23.8. The smallest absolute Gasteiger partial charge is 0.337 e. The number of halogens is 2. The molecule has 9 heteroatoms. The summed E-state index contributed by atoms with van der Waals surface area (Å²) in [6, 6.07) is 31.9. The molecule has 0 fully saturated rings. The zero-order valence-corrected chi connectivity index (χ0v) is 26.1. The Morgan fingerprint density at radius 2 is 1.64 bits per heavy atom. The molecule has 0 aliphatic rings. The van der Waals surface area contributed by atoms with E-state index in [2.05, 4.69) is 22.8 Å². The predicted octanol–water partition coefficient (Wildman–Crippen LogP) is 9.29. The van der Waals surface area contributed by atoms with Gasteiger partial charge in [0.2, 0.25) is 0 Å². The number of fused-ring (bicyclic) bond motifs is 1. The van der Waals surface area contributed by atoms with Crippen LogP contribution < -0.4 is 10.6 Å². The molecule has 1 atom stereocenters. The van der Waals surface area contributed by atoms with Crippen molar-refractivity contribution in [2.75, 3.05) is 19.0 Å². The second kappa shape index (κ2) is 14.9. The van der Waals surface area contributed by atoms with Crippen molar-refractivity contribution in [1.29, 1.82) is 0 Å². The van der Waals surface area contributed by atoms with Crippen molar-refractivity contribution in [1.82, 2.24) is 10.3 Å². The number of nitrogens with zero attached hydrogens (tertiary/aromatic N) is 1. The lowest BCUT2D eigenvalue weighted by atomic mass is 10.1. The van der Waals surface area contributed by atoms with Gasteiger partial charge in [-0.05, 0) is 77.4 Å². The first-order valence-electron chi connectivity index (χ1n) is 13.8. The first-order chi connectivity index (χ1) is 21.4. The van der Waals surface area contributed by atoms with Crippen molar-refractivity contribution in [3.8, 4) is 0 Å². The average molecular weight is 643 g/mol. The normalized spacial score (nSPS) is 11.8. The van der Waals surface area contributed by atoms with Crippen molar-refractivity contribution in [2.24, 2.45) is 0 Å². The van der Waals surface area contributed by atoms with Crippen LogP contribution in [-0.4, -0.2) is 30.6 Å². The maximum Gasteiger partial charge on any atom is 0.337 e. The highest BCUT2D eigenvalue weighted by Crippen LogP contribution is 2.32. The van der Waals surface area contributed by atoms with Gasteiger partial charge in [0.05, 0.1) is 23.9 Å². The molecule has 0 spiro atoms. The van der Waals surface area contributed by atoms with E-state index < -0.39 is 0 Å². The first-order valence-corrected chi connectivity index (χ1v) is 15.6. The van der Waals surface area contributed by atoms with Gasteiger partial charge in [-0.2, -0.15) is 0 Å². The minimum Gasteiger partial charge on any atom is -0.465 e. The van der Waals surface area contributed by atoms with Crippen LogP contribution in [0.2, 0.25) is 10.0 Å². The fraction of sp³-hybridized carbons (Fsp3) is 0.114. The van der Waals surface area contributed by atoms with Crippen molar-refractivity contribution < 1.29 is 14.3 Å². The second-order valence-corrected chi connectivity index (χ2v) is 12.0. The van der Waals surface area contributed by atoms with Gasteiger partial charge in [0.1, 0.15) is 0 Å². The summed E-state index contributed by atoms with van der Waals surface area (Å²) >= 11 is 13.8. The molecule has 4 aromatic carbocycles. The summed E-state index contributed by atoms with van der Waals surface area (Å²) < 4.78 is 4.81. The zero-order chi connectivity index (χ0) is 30.9. The number of carbonyl (C=O) groups is 2. The number of aromatic nitrogens is 1. The number of benzene rings is 4. The molecule has 5 aromatic rings. The fourth-order valence-corrected chi connectivity index (χ4v) is 5.88. The lowest BCUT2D eigenvalue weighted by molar-refractivity contribution is 0.0600. The van der Waals surface area contributed by atoms with E-state index in [0.29, 0.717) is 33.6 Å². The number of rotatable bonds is 10. The van der Waals surface area contributed by atoms with Gasteiger partial charge in [-0.3, -0.25) is 0 Å². The SMILES string of the molecule is COC(=O)c1ccc(CSC(CNC(=O)Nc2ccc(Cl)cc2)c2cccc(/C=C/c3ccc4ccc(Cl)cc4n3)c2)cc1. The van der Waals surface area contributed by atoms with E-state index in [4.69, 9.17) is 32.9 Å². The molecule has 0 aliphatic carbocycles. The van der Waals surface area contributed by atoms with E-state index in [1.54, 1.807) is 48.2 Å². The lowest BCUT2D eigenvalue weighted by Gasteiger charge is -2.19. The van der Waals surface area contributed by atoms with Crippen LogP contribution in [0.1, 0.15) is 38.0 Å². The Hall–Kier alpha value is -4.30. The number of thioether (sulfide) groups is 1. The standard InChI is InChI=1S/C35H29Cl2N3O3S/c1-43-34(41)26-8-5-24(6-9-26)22-44-33(21-38-35(42)40-31-17-13-28(36)14-18-31)27-4-2-3-23(19-27)7-15-30-16-11-25-10-12-29(37)20-32(25)39-30/h2-20,33H,21-22H2,1H3,(H2,38,40,42)/b15-7+. The predicted molar refractivity (Wildman–Crippen MR) is 182 cm³/mol. The number of urea groups is 1. The molecular formula is C35H29Cl2N3O3S. The number of hydrogen-bond acceptors (Lipinski definition) is 5. The minimum atomic E-state index is -0.370. The molecule has 2 N–H and O–H groups in total. The maximum absolute atomic E-state index is 12.7. The summed E-state index contributed by atoms with van der Waals surface area (Å²) in [5.74, 6) is 0.307. The fourth-order valence-electron chi connectivity index (χ4n) is 4.46. The molecule has 1 heterocycles. The maximum atomic E-state index is 12.7. The summed E-state index contributed by atoms with van der Waals surface area (Å²) in [7, 11) is 1.37. The van der Waals surface area contributed by atoms with Gasteiger partial charge in [-0.25, -0.2) is 14.6 Å². The topological polar surface area (TPSA) is 80.3 Å². The Balaban J connectivity index is 1.32. The van der Waals surface area contributed by atoms with Crippen LogP contribution in [-0.2, 0) is 10.5 Å². The molecule has 5 rings (SSSR count). The van der Waals surface area contributed by atoms with E-state index in [9.17, 15) is 9.59 Å². The Morgan fingerprint density at radius 3 is 2.41 bits per heavy atom. The van der Waals surface area contributed by atoms with Crippen LogP contribution in [0, 0.1) is 0 Å². The molecule has 1 aromatic heterocycles. The second-order valence-electron chi connectivity index (χ2n) is 9.91. The number of pyridine rings is 1.